The minimum absolute atomic E-state index is 0.00359. The molecule has 2 aliphatic rings. The molecule has 0 radical (unpaired) electrons. The van der Waals surface area contributed by atoms with Crippen molar-refractivity contribution in [1.29, 1.82) is 0 Å². The van der Waals surface area contributed by atoms with Gasteiger partial charge in [-0.1, -0.05) is 12.1 Å². The van der Waals surface area contributed by atoms with Crippen LogP contribution >= 0.6 is 0 Å². The molecular weight excluding hydrogens is 294 g/mol. The summed E-state index contributed by atoms with van der Waals surface area (Å²) in [5, 5.41) is 8.96. The van der Waals surface area contributed by atoms with Crippen LogP contribution in [0.4, 0.5) is 0 Å². The number of ether oxygens (including phenoxy) is 1. The number of carboxylic acids is 1. The number of aromatic carboxylic acids is 1. The van der Waals surface area contributed by atoms with Gasteiger partial charge < -0.3 is 9.84 Å². The fourth-order valence-corrected chi connectivity index (χ4v) is 4.47. The minimum Gasteiger partial charge on any atom is -0.478 e. The van der Waals surface area contributed by atoms with Gasteiger partial charge in [-0.25, -0.2) is 13.2 Å². The summed E-state index contributed by atoms with van der Waals surface area (Å²) in [5.41, 5.74) is 0.596. The van der Waals surface area contributed by atoms with Crippen LogP contribution in [0.5, 0.6) is 0 Å². The number of carbonyl (C=O) groups is 1. The molecule has 6 nitrogen and oxygen atoms in total. The maximum Gasteiger partial charge on any atom is 0.335 e. The van der Waals surface area contributed by atoms with E-state index in [0.717, 1.165) is 12.8 Å². The van der Waals surface area contributed by atoms with E-state index >= 15 is 0 Å². The predicted octanol–water partition coefficient (Wildman–Crippen LogP) is 1.08. The van der Waals surface area contributed by atoms with Gasteiger partial charge in [-0.2, -0.15) is 4.31 Å². The fraction of sp³-hybridized carbons (Fsp3) is 0.500. The lowest BCUT2D eigenvalue weighted by atomic mass is 10.1. The van der Waals surface area contributed by atoms with Crippen LogP contribution in [0.25, 0.3) is 0 Å². The van der Waals surface area contributed by atoms with Crippen LogP contribution in [0.2, 0.25) is 0 Å². The smallest absolute Gasteiger partial charge is 0.335 e. The van der Waals surface area contributed by atoms with E-state index in [0.29, 0.717) is 18.7 Å². The van der Waals surface area contributed by atoms with Crippen LogP contribution in [-0.2, 0) is 20.5 Å². The monoisotopic (exact) mass is 311 g/mol. The second-order valence-corrected chi connectivity index (χ2v) is 7.51. The SMILES string of the molecule is O=C(O)c1cccc(CS(=O)(=O)N2CC3CCC(C2)O3)c1. The lowest BCUT2D eigenvalue weighted by Crippen LogP contribution is -2.46. The first-order chi connectivity index (χ1) is 9.94. The quantitative estimate of drug-likeness (QED) is 0.899. The average Bonchev–Trinajstić information content (AvgIpc) is 2.77. The summed E-state index contributed by atoms with van der Waals surface area (Å²) in [6, 6.07) is 6.07. The molecule has 3 rings (SSSR count). The lowest BCUT2D eigenvalue weighted by Gasteiger charge is -2.31. The van der Waals surface area contributed by atoms with E-state index < -0.39 is 16.0 Å². The maximum absolute atomic E-state index is 12.5. The summed E-state index contributed by atoms with van der Waals surface area (Å²) in [5.74, 6) is -1.23. The molecule has 1 N–H and O–H groups in total. The van der Waals surface area contributed by atoms with Gasteiger partial charge >= 0.3 is 5.97 Å². The van der Waals surface area contributed by atoms with E-state index in [9.17, 15) is 13.2 Å². The molecule has 0 spiro atoms. The van der Waals surface area contributed by atoms with Crippen molar-refractivity contribution in [3.8, 4) is 0 Å². The van der Waals surface area contributed by atoms with Crippen LogP contribution in [0.3, 0.4) is 0 Å². The van der Waals surface area contributed by atoms with Crippen LogP contribution in [-0.4, -0.2) is 49.1 Å². The standard InChI is InChI=1S/C14H17NO5S/c16-14(17)11-3-1-2-10(6-11)9-21(18,19)15-7-12-4-5-13(8-15)20-12/h1-3,6,12-13H,4-5,7-9H2,(H,16,17). The molecule has 0 aromatic heterocycles. The van der Waals surface area contributed by atoms with Gasteiger partial charge in [0, 0.05) is 13.1 Å². The zero-order valence-electron chi connectivity index (χ0n) is 11.4. The Bertz CT molecular complexity index is 645. The molecule has 0 saturated carbocycles. The Morgan fingerprint density at radius 3 is 2.57 bits per heavy atom. The second-order valence-electron chi connectivity index (χ2n) is 5.54. The highest BCUT2D eigenvalue weighted by molar-refractivity contribution is 7.88. The number of morpholine rings is 1. The van der Waals surface area contributed by atoms with Crippen molar-refractivity contribution in [2.24, 2.45) is 0 Å². The summed E-state index contributed by atoms with van der Waals surface area (Å²) in [6.07, 6.45) is 1.82. The summed E-state index contributed by atoms with van der Waals surface area (Å²) in [4.78, 5) is 10.9. The first kappa shape index (κ1) is 14.5. The van der Waals surface area contributed by atoms with Gasteiger partial charge in [0.15, 0.2) is 0 Å². The molecule has 1 aromatic rings. The Morgan fingerprint density at radius 1 is 1.29 bits per heavy atom. The zero-order valence-corrected chi connectivity index (χ0v) is 12.3. The average molecular weight is 311 g/mol. The van der Waals surface area contributed by atoms with Gasteiger partial charge in [0.1, 0.15) is 0 Å². The number of sulfonamides is 1. The first-order valence-electron chi connectivity index (χ1n) is 6.89. The van der Waals surface area contributed by atoms with E-state index in [2.05, 4.69) is 0 Å². The van der Waals surface area contributed by atoms with Gasteiger partial charge in [0.25, 0.3) is 0 Å². The van der Waals surface area contributed by atoms with Crippen LogP contribution in [0.1, 0.15) is 28.8 Å². The molecule has 2 bridgehead atoms. The van der Waals surface area contributed by atoms with Gasteiger partial charge in [0.05, 0.1) is 23.5 Å². The van der Waals surface area contributed by atoms with Gasteiger partial charge in [0.2, 0.25) is 10.0 Å². The van der Waals surface area contributed by atoms with Crippen LogP contribution in [0.15, 0.2) is 24.3 Å². The van der Waals surface area contributed by atoms with Crippen molar-refractivity contribution in [3.05, 3.63) is 35.4 Å². The Hall–Kier alpha value is -1.44. The summed E-state index contributed by atoms with van der Waals surface area (Å²) in [7, 11) is -3.44. The summed E-state index contributed by atoms with van der Waals surface area (Å²) < 4.78 is 32.1. The number of carboxylic acid groups (broad SMARTS) is 1. The number of nitrogens with zero attached hydrogens (tertiary/aromatic N) is 1. The predicted molar refractivity (Wildman–Crippen MR) is 75.5 cm³/mol. The van der Waals surface area contributed by atoms with Gasteiger partial charge in [-0.05, 0) is 30.5 Å². The van der Waals surface area contributed by atoms with Crippen LogP contribution in [0, 0.1) is 0 Å². The third-order valence-electron chi connectivity index (χ3n) is 3.93. The largest absolute Gasteiger partial charge is 0.478 e. The Balaban J connectivity index is 1.77. The first-order valence-corrected chi connectivity index (χ1v) is 8.50. The summed E-state index contributed by atoms with van der Waals surface area (Å²) in [6.45, 7) is 0.801. The molecule has 1 aromatic carbocycles. The minimum atomic E-state index is -3.44. The second kappa shape index (κ2) is 5.40. The summed E-state index contributed by atoms with van der Waals surface area (Å²) >= 11 is 0. The Kier molecular flexibility index (Phi) is 3.73. The highest BCUT2D eigenvalue weighted by Crippen LogP contribution is 2.28. The number of hydrogen-bond acceptors (Lipinski definition) is 4. The number of benzene rings is 1. The highest BCUT2D eigenvalue weighted by Gasteiger charge is 2.38. The molecule has 7 heteroatoms. The third kappa shape index (κ3) is 3.09. The number of fused-ring (bicyclic) bond motifs is 2. The van der Waals surface area contributed by atoms with Crippen LogP contribution < -0.4 is 0 Å². The Morgan fingerprint density at radius 2 is 1.95 bits per heavy atom. The van der Waals surface area contributed by atoms with E-state index in [1.54, 1.807) is 12.1 Å². The molecule has 2 heterocycles. The van der Waals surface area contributed by atoms with Crippen molar-refractivity contribution in [3.63, 3.8) is 0 Å². The molecule has 2 atom stereocenters. The molecule has 0 amide bonds. The highest BCUT2D eigenvalue weighted by atomic mass is 32.2. The molecule has 114 valence electrons. The molecule has 2 fully saturated rings. The third-order valence-corrected chi connectivity index (χ3v) is 5.71. The van der Waals surface area contributed by atoms with Gasteiger partial charge in [-0.15, -0.1) is 0 Å². The normalized spacial score (nSPS) is 25.9. The topological polar surface area (TPSA) is 83.9 Å². The van der Waals surface area contributed by atoms with Crippen molar-refractivity contribution < 1.29 is 23.1 Å². The van der Waals surface area contributed by atoms with Crippen molar-refractivity contribution in [2.75, 3.05) is 13.1 Å². The molecule has 2 saturated heterocycles. The Labute approximate surface area is 123 Å². The van der Waals surface area contributed by atoms with E-state index in [1.807, 2.05) is 0 Å². The molecular formula is C14H17NO5S. The van der Waals surface area contributed by atoms with Gasteiger partial charge in [-0.3, -0.25) is 0 Å². The van der Waals surface area contributed by atoms with Crippen molar-refractivity contribution in [1.82, 2.24) is 4.31 Å². The zero-order chi connectivity index (χ0) is 15.0. The molecule has 2 unspecified atom stereocenters. The van der Waals surface area contributed by atoms with E-state index in [4.69, 9.17) is 9.84 Å². The van der Waals surface area contributed by atoms with E-state index in [-0.39, 0.29) is 23.5 Å². The molecule has 2 aliphatic heterocycles. The maximum atomic E-state index is 12.5. The molecule has 21 heavy (non-hydrogen) atoms. The van der Waals surface area contributed by atoms with Crippen molar-refractivity contribution in [2.45, 2.75) is 30.8 Å². The number of hydrogen-bond donors (Lipinski definition) is 1. The lowest BCUT2D eigenvalue weighted by molar-refractivity contribution is -0.0115. The van der Waals surface area contributed by atoms with E-state index in [1.165, 1.54) is 16.4 Å². The molecule has 0 aliphatic carbocycles. The number of rotatable bonds is 4. The van der Waals surface area contributed by atoms with Crippen molar-refractivity contribution >= 4 is 16.0 Å². The fourth-order valence-electron chi connectivity index (χ4n) is 2.90.